The molecule has 3 aromatic carbocycles. The molecule has 2 amide bonds. The number of ether oxygens (including phenoxy) is 1. The number of rotatable bonds is 5. The number of hydrogen-bond donors (Lipinski definition) is 0. The molecule has 1 heterocycles. The van der Waals surface area contributed by atoms with Gasteiger partial charge in [-0.1, -0.05) is 52.3 Å². The van der Waals surface area contributed by atoms with Gasteiger partial charge in [-0.2, -0.15) is 0 Å². The number of imide groups is 1. The third kappa shape index (κ3) is 4.23. The first-order valence-electron chi connectivity index (χ1n) is 9.20. The SMILES string of the molecule is CCOc1ccc(Br)cc1/C=C1\SC(=O)N(Cc2ccc3ccccc3c2)C1=O. The molecule has 1 aliphatic rings. The molecule has 1 saturated heterocycles. The maximum atomic E-state index is 12.9. The van der Waals surface area contributed by atoms with Crippen molar-refractivity contribution >= 4 is 55.7 Å². The summed E-state index contributed by atoms with van der Waals surface area (Å²) in [6.45, 7) is 2.68. The van der Waals surface area contributed by atoms with Crippen molar-refractivity contribution in [1.82, 2.24) is 4.90 Å². The molecule has 3 aromatic rings. The number of hydrogen-bond acceptors (Lipinski definition) is 4. The fourth-order valence-corrected chi connectivity index (χ4v) is 4.42. The van der Waals surface area contributed by atoms with Crippen LogP contribution in [-0.2, 0) is 11.3 Å². The van der Waals surface area contributed by atoms with Crippen LogP contribution in [0.15, 0.2) is 70.0 Å². The zero-order valence-corrected chi connectivity index (χ0v) is 18.1. The van der Waals surface area contributed by atoms with E-state index in [0.717, 1.165) is 38.1 Å². The fourth-order valence-electron chi connectivity index (χ4n) is 3.22. The van der Waals surface area contributed by atoms with Gasteiger partial charge in [-0.15, -0.1) is 0 Å². The zero-order valence-electron chi connectivity index (χ0n) is 15.7. The first kappa shape index (κ1) is 19.7. The second kappa shape index (κ2) is 8.43. The number of halogens is 1. The van der Waals surface area contributed by atoms with Gasteiger partial charge in [0.25, 0.3) is 11.1 Å². The Morgan fingerprint density at radius 2 is 1.83 bits per heavy atom. The highest BCUT2D eigenvalue weighted by atomic mass is 79.9. The van der Waals surface area contributed by atoms with E-state index in [1.54, 1.807) is 6.08 Å². The predicted octanol–water partition coefficient (Wildman–Crippen LogP) is 6.24. The third-order valence-corrected chi connectivity index (χ3v) is 5.99. The van der Waals surface area contributed by atoms with Crippen molar-refractivity contribution in [3.8, 4) is 5.75 Å². The van der Waals surface area contributed by atoms with E-state index in [-0.39, 0.29) is 17.7 Å². The van der Waals surface area contributed by atoms with Crippen LogP contribution in [0.25, 0.3) is 16.8 Å². The Bertz CT molecular complexity index is 1140. The molecule has 0 aromatic heterocycles. The topological polar surface area (TPSA) is 46.6 Å². The number of thioether (sulfide) groups is 1. The molecule has 1 fully saturated rings. The van der Waals surface area contributed by atoms with Gasteiger partial charge >= 0.3 is 0 Å². The van der Waals surface area contributed by atoms with Gasteiger partial charge in [0.2, 0.25) is 0 Å². The van der Waals surface area contributed by atoms with E-state index in [2.05, 4.69) is 15.9 Å². The minimum absolute atomic E-state index is 0.254. The lowest BCUT2D eigenvalue weighted by Crippen LogP contribution is -2.27. The van der Waals surface area contributed by atoms with Gasteiger partial charge in [0, 0.05) is 10.0 Å². The summed E-state index contributed by atoms with van der Waals surface area (Å²) in [5.74, 6) is 0.396. The van der Waals surface area contributed by atoms with Crippen molar-refractivity contribution < 1.29 is 14.3 Å². The van der Waals surface area contributed by atoms with Crippen LogP contribution in [0, 0.1) is 0 Å². The van der Waals surface area contributed by atoms with Gasteiger partial charge in [0.15, 0.2) is 0 Å². The summed E-state index contributed by atoms with van der Waals surface area (Å²) < 4.78 is 6.52. The summed E-state index contributed by atoms with van der Waals surface area (Å²) in [6, 6.07) is 19.6. The molecule has 0 bridgehead atoms. The molecule has 0 unspecified atom stereocenters. The Morgan fingerprint density at radius 3 is 2.62 bits per heavy atom. The minimum atomic E-state index is -0.282. The summed E-state index contributed by atoms with van der Waals surface area (Å²) in [5, 5.41) is 1.95. The third-order valence-electron chi connectivity index (χ3n) is 4.59. The molecule has 0 radical (unpaired) electrons. The average molecular weight is 468 g/mol. The Hall–Kier alpha value is -2.57. The smallest absolute Gasteiger partial charge is 0.293 e. The number of benzene rings is 3. The van der Waals surface area contributed by atoms with Gasteiger partial charge in [0.05, 0.1) is 18.1 Å². The Morgan fingerprint density at radius 1 is 1.03 bits per heavy atom. The monoisotopic (exact) mass is 467 g/mol. The maximum absolute atomic E-state index is 12.9. The number of nitrogens with zero attached hydrogens (tertiary/aromatic N) is 1. The van der Waals surface area contributed by atoms with Gasteiger partial charge in [-0.05, 0) is 65.4 Å². The molecule has 4 nitrogen and oxygen atoms in total. The van der Waals surface area contributed by atoms with Crippen molar-refractivity contribution in [3.63, 3.8) is 0 Å². The van der Waals surface area contributed by atoms with E-state index < -0.39 is 0 Å². The quantitative estimate of drug-likeness (QED) is 0.416. The van der Waals surface area contributed by atoms with Crippen LogP contribution in [-0.4, -0.2) is 22.7 Å². The first-order chi connectivity index (χ1) is 14.0. The zero-order chi connectivity index (χ0) is 20.4. The van der Waals surface area contributed by atoms with Crippen LogP contribution in [0.1, 0.15) is 18.1 Å². The molecular weight excluding hydrogens is 450 g/mol. The van der Waals surface area contributed by atoms with Crippen molar-refractivity contribution in [2.45, 2.75) is 13.5 Å². The van der Waals surface area contributed by atoms with Crippen molar-refractivity contribution in [1.29, 1.82) is 0 Å². The number of carbonyl (C=O) groups is 2. The van der Waals surface area contributed by atoms with Crippen LogP contribution in [0.2, 0.25) is 0 Å². The summed E-state index contributed by atoms with van der Waals surface area (Å²) in [6.07, 6.45) is 1.72. The molecule has 1 aliphatic heterocycles. The fraction of sp³-hybridized carbons (Fsp3) is 0.130. The lowest BCUT2D eigenvalue weighted by atomic mass is 10.1. The molecule has 29 heavy (non-hydrogen) atoms. The van der Waals surface area contributed by atoms with Crippen LogP contribution in [0.3, 0.4) is 0 Å². The van der Waals surface area contributed by atoms with Crippen molar-refractivity contribution in [2.24, 2.45) is 0 Å². The van der Waals surface area contributed by atoms with E-state index in [9.17, 15) is 9.59 Å². The van der Waals surface area contributed by atoms with E-state index in [4.69, 9.17) is 4.74 Å². The predicted molar refractivity (Wildman–Crippen MR) is 121 cm³/mol. The van der Waals surface area contributed by atoms with Crippen LogP contribution in [0.5, 0.6) is 5.75 Å². The molecule has 0 N–H and O–H groups in total. The van der Waals surface area contributed by atoms with Gasteiger partial charge in [0.1, 0.15) is 5.75 Å². The highest BCUT2D eigenvalue weighted by Gasteiger charge is 2.35. The Balaban J connectivity index is 1.60. The van der Waals surface area contributed by atoms with Crippen LogP contribution < -0.4 is 4.74 Å². The van der Waals surface area contributed by atoms with Gasteiger partial charge in [-0.3, -0.25) is 14.5 Å². The average Bonchev–Trinajstić information content (AvgIpc) is 2.97. The molecule has 6 heteroatoms. The van der Waals surface area contributed by atoms with Crippen LogP contribution >= 0.6 is 27.7 Å². The summed E-state index contributed by atoms with van der Waals surface area (Å²) >= 11 is 4.41. The standard InChI is InChI=1S/C23H18BrNO3S/c1-2-28-20-10-9-19(24)12-18(20)13-21-22(26)25(23(27)29-21)14-15-7-8-16-5-3-4-6-17(16)11-15/h3-13H,2,14H2,1H3/b21-13-. The summed E-state index contributed by atoms with van der Waals surface area (Å²) in [4.78, 5) is 27.1. The molecule has 4 rings (SSSR count). The molecule has 0 atom stereocenters. The molecule has 146 valence electrons. The lowest BCUT2D eigenvalue weighted by molar-refractivity contribution is -0.123. The lowest BCUT2D eigenvalue weighted by Gasteiger charge is -2.13. The maximum Gasteiger partial charge on any atom is 0.293 e. The highest BCUT2D eigenvalue weighted by Crippen LogP contribution is 2.35. The van der Waals surface area contributed by atoms with Crippen LogP contribution in [0.4, 0.5) is 4.79 Å². The minimum Gasteiger partial charge on any atom is -0.493 e. The van der Waals surface area contributed by atoms with E-state index >= 15 is 0 Å². The Labute approximate surface area is 181 Å². The second-order valence-corrected chi connectivity index (χ2v) is 8.47. The number of carbonyl (C=O) groups excluding carboxylic acids is 2. The normalized spacial score (nSPS) is 15.5. The molecule has 0 aliphatic carbocycles. The van der Waals surface area contributed by atoms with E-state index in [1.807, 2.05) is 67.6 Å². The first-order valence-corrected chi connectivity index (χ1v) is 10.8. The van der Waals surface area contributed by atoms with Gasteiger partial charge < -0.3 is 4.74 Å². The molecule has 0 spiro atoms. The number of amides is 2. The summed E-state index contributed by atoms with van der Waals surface area (Å²) in [7, 11) is 0. The van der Waals surface area contributed by atoms with E-state index in [1.165, 1.54) is 4.90 Å². The van der Waals surface area contributed by atoms with Crippen molar-refractivity contribution in [3.05, 3.63) is 81.2 Å². The van der Waals surface area contributed by atoms with E-state index in [0.29, 0.717) is 17.3 Å². The summed E-state index contributed by atoms with van der Waals surface area (Å²) in [5.41, 5.74) is 1.68. The Kier molecular flexibility index (Phi) is 5.74. The highest BCUT2D eigenvalue weighted by molar-refractivity contribution is 9.10. The second-order valence-electron chi connectivity index (χ2n) is 6.56. The number of fused-ring (bicyclic) bond motifs is 1. The largest absolute Gasteiger partial charge is 0.493 e. The van der Waals surface area contributed by atoms with Gasteiger partial charge in [-0.25, -0.2) is 0 Å². The van der Waals surface area contributed by atoms with Crippen molar-refractivity contribution in [2.75, 3.05) is 6.61 Å². The molecular formula is C23H18BrNO3S. The molecule has 0 saturated carbocycles.